The Balaban J connectivity index is 1.90. The van der Waals surface area contributed by atoms with Gasteiger partial charge in [0, 0.05) is 11.1 Å². The van der Waals surface area contributed by atoms with E-state index in [2.05, 4.69) is 36.4 Å². The number of hydrogen-bond donors (Lipinski definition) is 0. The number of ether oxygens (including phenoxy) is 2. The van der Waals surface area contributed by atoms with E-state index in [1.807, 2.05) is 56.3 Å². The van der Waals surface area contributed by atoms with Crippen LogP contribution in [0.3, 0.4) is 0 Å². The predicted molar refractivity (Wildman–Crippen MR) is 109 cm³/mol. The summed E-state index contributed by atoms with van der Waals surface area (Å²) in [5.41, 5.74) is 4.22. The first-order valence-electron chi connectivity index (χ1n) is 9.20. The fraction of sp³-hybridized carbons (Fsp3) is 0.208. The first kappa shape index (κ1) is 18.7. The molecule has 0 bridgehead atoms. The van der Waals surface area contributed by atoms with E-state index in [9.17, 15) is 4.79 Å². The molecule has 0 N–H and O–H groups in total. The first-order valence-corrected chi connectivity index (χ1v) is 9.20. The minimum atomic E-state index is -0.210. The van der Waals surface area contributed by atoms with Gasteiger partial charge in [0.2, 0.25) is 0 Å². The maximum absolute atomic E-state index is 11.7. The Labute approximate surface area is 160 Å². The van der Waals surface area contributed by atoms with Crippen molar-refractivity contribution in [3.63, 3.8) is 0 Å². The lowest BCUT2D eigenvalue weighted by Crippen LogP contribution is -2.16. The van der Waals surface area contributed by atoms with Crippen LogP contribution in [-0.4, -0.2) is 19.2 Å². The molecular formula is C24H24O3. The molecule has 3 nitrogen and oxygen atoms in total. The number of carbonyl (C=O) groups excluding carboxylic acids is 1. The summed E-state index contributed by atoms with van der Waals surface area (Å²) in [6.07, 6.45) is 0. The van der Waals surface area contributed by atoms with E-state index in [1.165, 1.54) is 0 Å². The molecule has 0 unspecified atom stereocenters. The van der Waals surface area contributed by atoms with Crippen molar-refractivity contribution in [3.05, 3.63) is 78.9 Å². The summed E-state index contributed by atoms with van der Waals surface area (Å²) in [5, 5.41) is 0. The second-order valence-corrected chi connectivity index (χ2v) is 6.58. The summed E-state index contributed by atoms with van der Waals surface area (Å²) < 4.78 is 11.4. The van der Waals surface area contributed by atoms with Crippen LogP contribution in [0, 0.1) is 5.92 Å². The Morgan fingerprint density at radius 2 is 1.26 bits per heavy atom. The Morgan fingerprint density at radius 3 is 1.74 bits per heavy atom. The molecule has 0 atom stereocenters. The molecule has 0 spiro atoms. The number of esters is 1. The highest BCUT2D eigenvalue weighted by Crippen LogP contribution is 2.38. The van der Waals surface area contributed by atoms with Crippen molar-refractivity contribution in [2.45, 2.75) is 13.8 Å². The van der Waals surface area contributed by atoms with Crippen LogP contribution in [0.15, 0.2) is 78.9 Å². The third kappa shape index (κ3) is 4.76. The lowest BCUT2D eigenvalue weighted by Gasteiger charge is -2.17. The second kappa shape index (κ2) is 9.04. The van der Waals surface area contributed by atoms with Crippen LogP contribution in [0.1, 0.15) is 13.8 Å². The SMILES string of the molecule is CC(C)C(=O)OCCOc1c(-c2ccccc2)cccc1-c1ccccc1. The maximum atomic E-state index is 11.7. The molecule has 0 radical (unpaired) electrons. The fourth-order valence-corrected chi connectivity index (χ4v) is 2.84. The number of benzene rings is 3. The zero-order chi connectivity index (χ0) is 19.1. The average molecular weight is 360 g/mol. The molecule has 3 heteroatoms. The highest BCUT2D eigenvalue weighted by Gasteiger charge is 2.14. The van der Waals surface area contributed by atoms with Crippen molar-refractivity contribution in [2.75, 3.05) is 13.2 Å². The minimum Gasteiger partial charge on any atom is -0.489 e. The molecule has 0 saturated heterocycles. The standard InChI is InChI=1S/C24H24O3/c1-18(2)24(25)27-17-16-26-23-21(19-10-5-3-6-11-19)14-9-15-22(23)20-12-7-4-8-13-20/h3-15,18H,16-17H2,1-2H3. The van der Waals surface area contributed by atoms with Gasteiger partial charge in [-0.15, -0.1) is 0 Å². The summed E-state index contributed by atoms with van der Waals surface area (Å²) in [7, 11) is 0. The minimum absolute atomic E-state index is 0.138. The van der Waals surface area contributed by atoms with Gasteiger partial charge in [-0.05, 0) is 11.1 Å². The van der Waals surface area contributed by atoms with Crippen LogP contribution >= 0.6 is 0 Å². The zero-order valence-electron chi connectivity index (χ0n) is 15.7. The Hall–Kier alpha value is -3.07. The van der Waals surface area contributed by atoms with Crippen LogP contribution in [0.25, 0.3) is 22.3 Å². The van der Waals surface area contributed by atoms with Crippen molar-refractivity contribution in [1.82, 2.24) is 0 Å². The Bertz CT molecular complexity index is 813. The van der Waals surface area contributed by atoms with Crippen molar-refractivity contribution in [2.24, 2.45) is 5.92 Å². The summed E-state index contributed by atoms with van der Waals surface area (Å²) >= 11 is 0. The molecule has 27 heavy (non-hydrogen) atoms. The molecule has 0 saturated carbocycles. The lowest BCUT2D eigenvalue weighted by atomic mass is 9.97. The first-order chi connectivity index (χ1) is 13.2. The fourth-order valence-electron chi connectivity index (χ4n) is 2.84. The Morgan fingerprint density at radius 1 is 0.741 bits per heavy atom. The van der Waals surface area contributed by atoms with Gasteiger partial charge in [-0.3, -0.25) is 4.79 Å². The molecule has 0 heterocycles. The van der Waals surface area contributed by atoms with Crippen LogP contribution < -0.4 is 4.74 Å². The maximum Gasteiger partial charge on any atom is 0.308 e. The van der Waals surface area contributed by atoms with Gasteiger partial charge in [-0.25, -0.2) is 0 Å². The van der Waals surface area contributed by atoms with Crippen LogP contribution in [0.2, 0.25) is 0 Å². The molecule has 0 fully saturated rings. The molecule has 0 amide bonds. The molecule has 138 valence electrons. The van der Waals surface area contributed by atoms with E-state index in [4.69, 9.17) is 9.47 Å². The van der Waals surface area contributed by atoms with Crippen molar-refractivity contribution >= 4 is 5.97 Å². The van der Waals surface area contributed by atoms with Gasteiger partial charge >= 0.3 is 5.97 Å². The van der Waals surface area contributed by atoms with E-state index < -0.39 is 0 Å². The van der Waals surface area contributed by atoms with Gasteiger partial charge in [0.1, 0.15) is 19.0 Å². The van der Waals surface area contributed by atoms with Gasteiger partial charge < -0.3 is 9.47 Å². The molecule has 0 aromatic heterocycles. The molecule has 0 aliphatic carbocycles. The quantitative estimate of drug-likeness (QED) is 0.406. The normalized spacial score (nSPS) is 10.6. The van der Waals surface area contributed by atoms with E-state index in [1.54, 1.807) is 0 Å². The third-order valence-electron chi connectivity index (χ3n) is 4.23. The monoisotopic (exact) mass is 360 g/mol. The number of rotatable bonds is 7. The summed E-state index contributed by atoms with van der Waals surface area (Å²) in [6, 6.07) is 26.4. The highest BCUT2D eigenvalue weighted by atomic mass is 16.6. The summed E-state index contributed by atoms with van der Waals surface area (Å²) in [4.78, 5) is 11.7. The predicted octanol–water partition coefficient (Wildman–Crippen LogP) is 5.60. The van der Waals surface area contributed by atoms with Gasteiger partial charge in [0.25, 0.3) is 0 Å². The Kier molecular flexibility index (Phi) is 6.26. The number of carbonyl (C=O) groups is 1. The zero-order valence-corrected chi connectivity index (χ0v) is 15.7. The lowest BCUT2D eigenvalue weighted by molar-refractivity contribution is -0.148. The smallest absolute Gasteiger partial charge is 0.308 e. The molecule has 3 aromatic rings. The van der Waals surface area contributed by atoms with Crippen LogP contribution in [0.5, 0.6) is 5.75 Å². The topological polar surface area (TPSA) is 35.5 Å². The number of para-hydroxylation sites is 1. The molecule has 3 aromatic carbocycles. The molecule has 0 aliphatic rings. The van der Waals surface area contributed by atoms with E-state index in [0.717, 1.165) is 28.0 Å². The second-order valence-electron chi connectivity index (χ2n) is 6.58. The van der Waals surface area contributed by atoms with Crippen molar-refractivity contribution in [1.29, 1.82) is 0 Å². The summed E-state index contributed by atoms with van der Waals surface area (Å²) in [6.45, 7) is 4.18. The van der Waals surface area contributed by atoms with Gasteiger partial charge in [-0.2, -0.15) is 0 Å². The van der Waals surface area contributed by atoms with Gasteiger partial charge in [0.15, 0.2) is 0 Å². The largest absolute Gasteiger partial charge is 0.489 e. The van der Waals surface area contributed by atoms with Gasteiger partial charge in [-0.1, -0.05) is 92.7 Å². The molecule has 3 rings (SSSR count). The van der Waals surface area contributed by atoms with E-state index in [0.29, 0.717) is 6.61 Å². The highest BCUT2D eigenvalue weighted by molar-refractivity contribution is 5.82. The number of hydrogen-bond acceptors (Lipinski definition) is 3. The van der Waals surface area contributed by atoms with Crippen LogP contribution in [-0.2, 0) is 9.53 Å². The van der Waals surface area contributed by atoms with Crippen LogP contribution in [0.4, 0.5) is 0 Å². The third-order valence-corrected chi connectivity index (χ3v) is 4.23. The van der Waals surface area contributed by atoms with Gasteiger partial charge in [0.05, 0.1) is 5.92 Å². The van der Waals surface area contributed by atoms with Crippen molar-refractivity contribution < 1.29 is 14.3 Å². The van der Waals surface area contributed by atoms with E-state index >= 15 is 0 Å². The van der Waals surface area contributed by atoms with E-state index in [-0.39, 0.29) is 18.5 Å². The summed E-state index contributed by atoms with van der Waals surface area (Å²) in [5.74, 6) is 0.454. The molecular weight excluding hydrogens is 336 g/mol. The average Bonchev–Trinajstić information content (AvgIpc) is 2.72. The van der Waals surface area contributed by atoms with Crippen molar-refractivity contribution in [3.8, 4) is 28.0 Å². The molecule has 0 aliphatic heterocycles.